The number of fused-ring (bicyclic) bond motifs is 1. The number of hydrogen-bond donors (Lipinski definition) is 1. The van der Waals surface area contributed by atoms with E-state index in [2.05, 4.69) is 15.2 Å². The fraction of sp³-hybridized carbons (Fsp3) is 0.200. The van der Waals surface area contributed by atoms with Crippen molar-refractivity contribution in [1.29, 1.82) is 0 Å². The first-order valence-electron chi connectivity index (χ1n) is 8.79. The zero-order valence-corrected chi connectivity index (χ0v) is 15.9. The van der Waals surface area contributed by atoms with Crippen LogP contribution in [0.25, 0.3) is 28.0 Å². The molecule has 4 rings (SSSR count). The summed E-state index contributed by atoms with van der Waals surface area (Å²) in [5, 5.41) is 17.9. The van der Waals surface area contributed by atoms with Crippen LogP contribution in [0.1, 0.15) is 33.7 Å². The number of alkyl halides is 2. The molecule has 0 amide bonds. The van der Waals surface area contributed by atoms with E-state index in [0.29, 0.717) is 22.6 Å². The molecule has 3 aromatic heterocycles. The van der Waals surface area contributed by atoms with Gasteiger partial charge in [0, 0.05) is 23.9 Å². The number of hydrogen-bond acceptors (Lipinski definition) is 4. The summed E-state index contributed by atoms with van der Waals surface area (Å²) in [6, 6.07) is 7.39. The van der Waals surface area contributed by atoms with Crippen LogP contribution in [0.15, 0.2) is 36.5 Å². The summed E-state index contributed by atoms with van der Waals surface area (Å²) in [5.74, 6) is -1.05. The lowest BCUT2D eigenvalue weighted by Gasteiger charge is -2.09. The molecule has 0 saturated carbocycles. The van der Waals surface area contributed by atoms with E-state index in [1.807, 2.05) is 6.92 Å². The Bertz CT molecular complexity index is 1240. The Morgan fingerprint density at radius 3 is 2.41 bits per heavy atom. The summed E-state index contributed by atoms with van der Waals surface area (Å²) in [5.41, 5.74) is 3.02. The average Bonchev–Trinajstić information content (AvgIpc) is 3.21. The third-order valence-corrected chi connectivity index (χ3v) is 4.95. The molecule has 1 N–H and O–H groups in total. The van der Waals surface area contributed by atoms with Gasteiger partial charge >= 0.3 is 5.97 Å². The quantitative estimate of drug-likeness (QED) is 0.561. The number of aryl methyl sites for hydroxylation is 2. The summed E-state index contributed by atoms with van der Waals surface area (Å²) in [4.78, 5) is 15.7. The van der Waals surface area contributed by atoms with Gasteiger partial charge in [0.15, 0.2) is 5.65 Å². The van der Waals surface area contributed by atoms with Crippen molar-refractivity contribution in [2.75, 3.05) is 0 Å². The van der Waals surface area contributed by atoms with E-state index in [1.165, 1.54) is 22.9 Å². The highest BCUT2D eigenvalue weighted by molar-refractivity contribution is 5.89. The highest BCUT2D eigenvalue weighted by atomic mass is 19.3. The number of nitrogens with zero attached hydrogens (tertiary/aromatic N) is 5. The number of aromatic carboxylic acids is 1. The third kappa shape index (κ3) is 3.04. The fourth-order valence-electron chi connectivity index (χ4n) is 3.31. The summed E-state index contributed by atoms with van der Waals surface area (Å²) in [7, 11) is 1.77. The molecule has 148 valence electrons. The number of halogens is 2. The zero-order chi connectivity index (χ0) is 20.9. The molecule has 29 heavy (non-hydrogen) atoms. The monoisotopic (exact) mass is 397 g/mol. The first kappa shape index (κ1) is 18.7. The fourth-order valence-corrected chi connectivity index (χ4v) is 3.31. The van der Waals surface area contributed by atoms with E-state index < -0.39 is 12.4 Å². The Labute approximate surface area is 164 Å². The SMILES string of the molecule is Cc1nn(-c2ccc(C(=O)O)cc2)c2nc(-c3cnn(C)c3C)cc(C(F)F)c12. The Balaban J connectivity index is 1.99. The van der Waals surface area contributed by atoms with Crippen molar-refractivity contribution < 1.29 is 18.7 Å². The number of carboxylic acid groups (broad SMARTS) is 1. The van der Waals surface area contributed by atoms with Gasteiger partial charge < -0.3 is 5.11 Å². The molecule has 0 aliphatic heterocycles. The molecule has 0 atom stereocenters. The maximum Gasteiger partial charge on any atom is 0.335 e. The Morgan fingerprint density at radius 2 is 1.86 bits per heavy atom. The molecule has 7 nitrogen and oxygen atoms in total. The molecule has 0 bridgehead atoms. The van der Waals surface area contributed by atoms with Gasteiger partial charge in [0.1, 0.15) is 0 Å². The normalized spacial score (nSPS) is 11.5. The predicted octanol–water partition coefficient (Wildman–Crippen LogP) is 4.07. The van der Waals surface area contributed by atoms with Crippen molar-refractivity contribution in [3.05, 3.63) is 59.0 Å². The van der Waals surface area contributed by atoms with E-state index in [-0.39, 0.29) is 22.2 Å². The molecule has 0 fully saturated rings. The molecule has 0 unspecified atom stereocenters. The van der Waals surface area contributed by atoms with E-state index in [0.717, 1.165) is 5.69 Å². The second kappa shape index (κ2) is 6.77. The van der Waals surface area contributed by atoms with Gasteiger partial charge in [-0.1, -0.05) is 0 Å². The van der Waals surface area contributed by atoms with Crippen LogP contribution in [-0.2, 0) is 7.05 Å². The number of pyridine rings is 1. The Morgan fingerprint density at radius 1 is 1.17 bits per heavy atom. The van der Waals surface area contributed by atoms with Crippen molar-refractivity contribution in [3.8, 4) is 16.9 Å². The molecular weight excluding hydrogens is 380 g/mol. The lowest BCUT2D eigenvalue weighted by molar-refractivity contribution is 0.0697. The van der Waals surface area contributed by atoms with Crippen molar-refractivity contribution >= 4 is 17.0 Å². The van der Waals surface area contributed by atoms with Crippen LogP contribution in [0.2, 0.25) is 0 Å². The smallest absolute Gasteiger partial charge is 0.335 e. The minimum atomic E-state index is -2.71. The van der Waals surface area contributed by atoms with Gasteiger partial charge in [-0.2, -0.15) is 10.2 Å². The molecule has 4 aromatic rings. The molecular formula is C20H17F2N5O2. The Hall–Kier alpha value is -3.62. The minimum Gasteiger partial charge on any atom is -0.478 e. The average molecular weight is 397 g/mol. The van der Waals surface area contributed by atoms with Crippen LogP contribution >= 0.6 is 0 Å². The summed E-state index contributed by atoms with van der Waals surface area (Å²) >= 11 is 0. The van der Waals surface area contributed by atoms with Gasteiger partial charge in [-0.05, 0) is 44.2 Å². The molecule has 0 aliphatic carbocycles. The largest absolute Gasteiger partial charge is 0.478 e. The van der Waals surface area contributed by atoms with Crippen molar-refractivity contribution in [2.24, 2.45) is 7.05 Å². The predicted molar refractivity (Wildman–Crippen MR) is 102 cm³/mol. The number of carboxylic acids is 1. The van der Waals surface area contributed by atoms with E-state index >= 15 is 0 Å². The van der Waals surface area contributed by atoms with Crippen molar-refractivity contribution in [3.63, 3.8) is 0 Å². The number of carbonyl (C=O) groups is 1. The third-order valence-electron chi connectivity index (χ3n) is 4.95. The molecule has 0 aliphatic rings. The zero-order valence-electron chi connectivity index (χ0n) is 15.9. The van der Waals surface area contributed by atoms with E-state index in [4.69, 9.17) is 5.11 Å². The maximum atomic E-state index is 13.9. The van der Waals surface area contributed by atoms with E-state index in [1.54, 1.807) is 37.0 Å². The van der Waals surface area contributed by atoms with Gasteiger partial charge in [0.2, 0.25) is 0 Å². The van der Waals surface area contributed by atoms with Crippen LogP contribution in [0.5, 0.6) is 0 Å². The Kier molecular flexibility index (Phi) is 4.37. The maximum absolute atomic E-state index is 13.9. The number of benzene rings is 1. The van der Waals surface area contributed by atoms with Crippen LogP contribution in [0.3, 0.4) is 0 Å². The van der Waals surface area contributed by atoms with Gasteiger partial charge in [0.05, 0.1) is 34.2 Å². The standard InChI is InChI=1S/C20H17F2N5O2/c1-10-17-14(18(21)22)8-16(15-9-23-26(3)11(15)2)24-19(17)27(25-10)13-6-4-12(5-7-13)20(28)29/h4-9,18H,1-3H3,(H,28,29). The number of rotatable bonds is 4. The molecule has 9 heteroatoms. The van der Waals surface area contributed by atoms with Crippen LogP contribution in [0.4, 0.5) is 8.78 Å². The van der Waals surface area contributed by atoms with Gasteiger partial charge in [0.25, 0.3) is 6.43 Å². The van der Waals surface area contributed by atoms with Gasteiger partial charge in [-0.25, -0.2) is 23.2 Å². The first-order valence-corrected chi connectivity index (χ1v) is 8.79. The highest BCUT2D eigenvalue weighted by Crippen LogP contribution is 2.34. The van der Waals surface area contributed by atoms with Crippen molar-refractivity contribution in [1.82, 2.24) is 24.5 Å². The second-order valence-corrected chi connectivity index (χ2v) is 6.71. The minimum absolute atomic E-state index is 0.120. The lowest BCUT2D eigenvalue weighted by atomic mass is 10.1. The first-order chi connectivity index (χ1) is 13.8. The molecule has 0 saturated heterocycles. The van der Waals surface area contributed by atoms with Gasteiger partial charge in [-0.15, -0.1) is 0 Å². The van der Waals surface area contributed by atoms with E-state index in [9.17, 15) is 13.6 Å². The molecule has 0 radical (unpaired) electrons. The summed E-state index contributed by atoms with van der Waals surface area (Å²) in [6.07, 6.45) is -1.12. The number of aromatic nitrogens is 5. The summed E-state index contributed by atoms with van der Waals surface area (Å²) < 4.78 is 30.9. The van der Waals surface area contributed by atoms with Crippen LogP contribution in [-0.4, -0.2) is 35.6 Å². The topological polar surface area (TPSA) is 85.8 Å². The van der Waals surface area contributed by atoms with Crippen molar-refractivity contribution in [2.45, 2.75) is 20.3 Å². The highest BCUT2D eigenvalue weighted by Gasteiger charge is 2.23. The molecule has 0 spiro atoms. The molecule has 1 aromatic carbocycles. The van der Waals surface area contributed by atoms with Crippen LogP contribution < -0.4 is 0 Å². The van der Waals surface area contributed by atoms with Gasteiger partial charge in [-0.3, -0.25) is 4.68 Å². The van der Waals surface area contributed by atoms with Crippen LogP contribution in [0, 0.1) is 13.8 Å². The summed E-state index contributed by atoms with van der Waals surface area (Å²) in [6.45, 7) is 3.48. The lowest BCUT2D eigenvalue weighted by Crippen LogP contribution is -2.02. The molecule has 3 heterocycles. The second-order valence-electron chi connectivity index (χ2n) is 6.71.